The van der Waals surface area contributed by atoms with Crippen molar-refractivity contribution < 1.29 is 23.5 Å². The van der Waals surface area contributed by atoms with E-state index in [1.54, 1.807) is 12.1 Å². The van der Waals surface area contributed by atoms with Gasteiger partial charge in [-0.05, 0) is 24.0 Å². The van der Waals surface area contributed by atoms with Gasteiger partial charge in [0.05, 0.1) is 6.26 Å². The van der Waals surface area contributed by atoms with Gasteiger partial charge in [-0.15, -0.1) is 0 Å². The number of carbonyl (C=O) groups excluding carboxylic acids is 3. The van der Waals surface area contributed by atoms with Crippen LogP contribution in [0.3, 0.4) is 0 Å². The Morgan fingerprint density at radius 3 is 2.40 bits per heavy atom. The number of carbonyl (C=O) groups is 3. The van der Waals surface area contributed by atoms with Crippen molar-refractivity contribution in [2.75, 3.05) is 6.54 Å². The van der Waals surface area contributed by atoms with Gasteiger partial charge in [0.15, 0.2) is 5.76 Å². The number of hydrogen-bond donors (Lipinski definition) is 3. The third-order valence-corrected chi connectivity index (χ3v) is 4.68. The van der Waals surface area contributed by atoms with E-state index in [1.807, 2.05) is 45.9 Å². The highest BCUT2D eigenvalue weighted by molar-refractivity contribution is 5.96. The summed E-state index contributed by atoms with van der Waals surface area (Å²) in [5.74, 6) is -0.640. The largest absolute Gasteiger partial charge is 0.451 e. The Kier molecular flexibility index (Phi) is 8.03. The molecule has 1 aromatic heterocycles. The van der Waals surface area contributed by atoms with Gasteiger partial charge < -0.3 is 25.1 Å². The van der Waals surface area contributed by atoms with Crippen molar-refractivity contribution in [2.24, 2.45) is 11.8 Å². The minimum Gasteiger partial charge on any atom is -0.451 e. The van der Waals surface area contributed by atoms with Crippen LogP contribution in [0.25, 0.3) is 11.0 Å². The number of furan rings is 1. The van der Waals surface area contributed by atoms with E-state index >= 15 is 0 Å². The van der Waals surface area contributed by atoms with Gasteiger partial charge in [0, 0.05) is 18.0 Å². The second-order valence-electron chi connectivity index (χ2n) is 7.66. The molecule has 8 nitrogen and oxygen atoms in total. The van der Waals surface area contributed by atoms with E-state index in [4.69, 9.17) is 4.42 Å². The average Bonchev–Trinajstić information content (AvgIpc) is 3.13. The van der Waals surface area contributed by atoms with Crippen LogP contribution in [0.15, 0.2) is 47.6 Å². The van der Waals surface area contributed by atoms with Crippen molar-refractivity contribution in [3.63, 3.8) is 0 Å². The van der Waals surface area contributed by atoms with Crippen LogP contribution in [-0.4, -0.2) is 36.5 Å². The zero-order valence-corrected chi connectivity index (χ0v) is 17.7. The zero-order valence-electron chi connectivity index (χ0n) is 17.7. The standard InChI is InChI=1S/C22H29N3O5/c1-6-29-22(28)25-19(14(4)5)21(27)24-16(13(2)3)12-23-20(26)18-11-15-9-7-8-10-17(15)30-18/h6-11,13-14,16,19H,1,12H2,2-5H3,(H,23,26)(H,24,27)(H,25,28). The summed E-state index contributed by atoms with van der Waals surface area (Å²) in [6.45, 7) is 11.0. The van der Waals surface area contributed by atoms with E-state index in [0.717, 1.165) is 11.6 Å². The predicted molar refractivity (Wildman–Crippen MR) is 114 cm³/mol. The smallest absolute Gasteiger partial charge is 0.412 e. The molecule has 1 aromatic carbocycles. The molecule has 3 N–H and O–H groups in total. The summed E-state index contributed by atoms with van der Waals surface area (Å²) in [5, 5.41) is 9.06. The maximum Gasteiger partial charge on any atom is 0.412 e. The molecule has 0 bridgehead atoms. The lowest BCUT2D eigenvalue weighted by molar-refractivity contribution is -0.125. The highest BCUT2D eigenvalue weighted by Crippen LogP contribution is 2.18. The molecule has 0 aliphatic carbocycles. The van der Waals surface area contributed by atoms with Crippen molar-refractivity contribution in [2.45, 2.75) is 39.8 Å². The monoisotopic (exact) mass is 415 g/mol. The Hall–Kier alpha value is -3.29. The van der Waals surface area contributed by atoms with Crippen molar-refractivity contribution in [3.8, 4) is 0 Å². The Labute approximate surface area is 176 Å². The molecular weight excluding hydrogens is 386 g/mol. The molecule has 30 heavy (non-hydrogen) atoms. The summed E-state index contributed by atoms with van der Waals surface area (Å²) in [5.41, 5.74) is 0.633. The average molecular weight is 415 g/mol. The molecule has 2 rings (SSSR count). The van der Waals surface area contributed by atoms with Crippen LogP contribution in [0.4, 0.5) is 4.79 Å². The summed E-state index contributed by atoms with van der Waals surface area (Å²) < 4.78 is 10.2. The third kappa shape index (κ3) is 6.10. The molecule has 0 aliphatic rings. The Bertz CT molecular complexity index is 870. The molecule has 2 unspecified atom stereocenters. The van der Waals surface area contributed by atoms with Crippen molar-refractivity contribution in [3.05, 3.63) is 48.9 Å². The van der Waals surface area contributed by atoms with Crippen LogP contribution >= 0.6 is 0 Å². The molecule has 0 radical (unpaired) electrons. The minimum atomic E-state index is -0.787. The van der Waals surface area contributed by atoms with Crippen LogP contribution in [0, 0.1) is 11.8 Å². The Morgan fingerprint density at radius 2 is 1.80 bits per heavy atom. The number of rotatable bonds is 9. The lowest BCUT2D eigenvalue weighted by atomic mass is 10.0. The van der Waals surface area contributed by atoms with Gasteiger partial charge in [-0.3, -0.25) is 9.59 Å². The van der Waals surface area contributed by atoms with E-state index in [-0.39, 0.29) is 42.0 Å². The lowest BCUT2D eigenvalue weighted by Gasteiger charge is -2.27. The molecule has 2 aromatic rings. The molecule has 0 fully saturated rings. The molecule has 0 aliphatic heterocycles. The van der Waals surface area contributed by atoms with Gasteiger partial charge in [0.25, 0.3) is 5.91 Å². The van der Waals surface area contributed by atoms with E-state index in [2.05, 4.69) is 27.3 Å². The fourth-order valence-electron chi connectivity index (χ4n) is 2.88. The molecule has 0 spiro atoms. The maximum absolute atomic E-state index is 12.7. The quantitative estimate of drug-likeness (QED) is 0.545. The number of amides is 3. The summed E-state index contributed by atoms with van der Waals surface area (Å²) >= 11 is 0. The second-order valence-corrected chi connectivity index (χ2v) is 7.66. The fraction of sp³-hybridized carbons (Fsp3) is 0.409. The highest BCUT2D eigenvalue weighted by Gasteiger charge is 2.28. The van der Waals surface area contributed by atoms with Gasteiger partial charge in [-0.1, -0.05) is 52.5 Å². The zero-order chi connectivity index (χ0) is 22.3. The number of fused-ring (bicyclic) bond motifs is 1. The van der Waals surface area contributed by atoms with Gasteiger partial charge in [-0.25, -0.2) is 4.79 Å². The first-order valence-electron chi connectivity index (χ1n) is 9.88. The van der Waals surface area contributed by atoms with E-state index in [0.29, 0.717) is 5.58 Å². The molecule has 8 heteroatoms. The topological polar surface area (TPSA) is 110 Å². The molecule has 1 heterocycles. The van der Waals surface area contributed by atoms with Crippen LogP contribution in [0.2, 0.25) is 0 Å². The van der Waals surface area contributed by atoms with Gasteiger partial charge in [-0.2, -0.15) is 0 Å². The molecule has 162 valence electrons. The number of para-hydroxylation sites is 1. The van der Waals surface area contributed by atoms with Gasteiger partial charge in [0.2, 0.25) is 5.91 Å². The lowest BCUT2D eigenvalue weighted by Crippen LogP contribution is -2.55. The molecule has 2 atom stereocenters. The molecular formula is C22H29N3O5. The number of hydrogen-bond acceptors (Lipinski definition) is 5. The Morgan fingerprint density at radius 1 is 1.10 bits per heavy atom. The predicted octanol–water partition coefficient (Wildman–Crippen LogP) is 3.20. The first-order valence-corrected chi connectivity index (χ1v) is 9.88. The van der Waals surface area contributed by atoms with E-state index in [9.17, 15) is 14.4 Å². The fourth-order valence-corrected chi connectivity index (χ4v) is 2.88. The van der Waals surface area contributed by atoms with Crippen molar-refractivity contribution >= 4 is 28.9 Å². The molecule has 0 saturated heterocycles. The summed E-state index contributed by atoms with van der Waals surface area (Å²) in [4.78, 5) is 36.9. The van der Waals surface area contributed by atoms with Crippen molar-refractivity contribution in [1.29, 1.82) is 0 Å². The van der Waals surface area contributed by atoms with Crippen LogP contribution in [0.1, 0.15) is 38.2 Å². The number of benzene rings is 1. The molecule has 0 saturated carbocycles. The second kappa shape index (κ2) is 10.5. The summed E-state index contributed by atoms with van der Waals surface area (Å²) in [6, 6.07) is 7.91. The SMILES string of the molecule is C=COC(=O)NC(C(=O)NC(CNC(=O)c1cc2ccccc2o1)C(C)C)C(C)C. The van der Waals surface area contributed by atoms with Crippen molar-refractivity contribution in [1.82, 2.24) is 16.0 Å². The first-order chi connectivity index (χ1) is 14.2. The van der Waals surface area contributed by atoms with Gasteiger partial charge >= 0.3 is 6.09 Å². The molecule has 3 amide bonds. The van der Waals surface area contributed by atoms with Crippen LogP contribution in [0.5, 0.6) is 0 Å². The number of ether oxygens (including phenoxy) is 1. The van der Waals surface area contributed by atoms with Crippen LogP contribution in [-0.2, 0) is 9.53 Å². The highest BCUT2D eigenvalue weighted by atomic mass is 16.5. The van der Waals surface area contributed by atoms with E-state index < -0.39 is 12.1 Å². The van der Waals surface area contributed by atoms with E-state index in [1.165, 1.54) is 0 Å². The maximum atomic E-state index is 12.7. The number of nitrogens with one attached hydrogen (secondary N) is 3. The third-order valence-electron chi connectivity index (χ3n) is 4.68. The Balaban J connectivity index is 2.00. The van der Waals surface area contributed by atoms with Gasteiger partial charge in [0.1, 0.15) is 11.6 Å². The number of alkyl carbamates (subject to hydrolysis) is 1. The minimum absolute atomic E-state index is 0.0397. The summed E-state index contributed by atoms with van der Waals surface area (Å²) in [6.07, 6.45) is 0.243. The first kappa shape index (κ1) is 23.0. The summed E-state index contributed by atoms with van der Waals surface area (Å²) in [7, 11) is 0. The van der Waals surface area contributed by atoms with Crippen LogP contribution < -0.4 is 16.0 Å². The normalized spacial score (nSPS) is 13.0.